The number of amides is 2. The van der Waals surface area contributed by atoms with E-state index in [1.54, 1.807) is 0 Å². The highest BCUT2D eigenvalue weighted by atomic mass is 19.4. The predicted octanol–water partition coefficient (Wildman–Crippen LogP) is 4.94. The van der Waals surface area contributed by atoms with Gasteiger partial charge in [-0.3, -0.25) is 4.90 Å². The lowest BCUT2D eigenvalue weighted by Gasteiger charge is -2.36. The third kappa shape index (κ3) is 6.35. The third-order valence-electron chi connectivity index (χ3n) is 7.72. The maximum absolute atomic E-state index is 13.5. The number of nitrogens with zero attached hydrogens (tertiary/aromatic N) is 5. The second-order valence-corrected chi connectivity index (χ2v) is 11.7. The number of nitrogens with one attached hydrogen (secondary N) is 2. The number of unbranched alkanes of at least 4 members (excludes halogenated alkanes) is 1. The highest BCUT2D eigenvalue weighted by Crippen LogP contribution is 2.32. The van der Waals surface area contributed by atoms with Crippen molar-refractivity contribution >= 4 is 22.8 Å². The Morgan fingerprint density at radius 1 is 1.02 bits per heavy atom. The molecule has 0 saturated carbocycles. The quantitative estimate of drug-likeness (QED) is 0.420. The van der Waals surface area contributed by atoms with Crippen molar-refractivity contribution in [3.8, 4) is 0 Å². The second kappa shape index (κ2) is 11.3. The van der Waals surface area contributed by atoms with Gasteiger partial charge >= 0.3 is 12.2 Å². The third-order valence-corrected chi connectivity index (χ3v) is 7.72. The van der Waals surface area contributed by atoms with Crippen molar-refractivity contribution in [2.24, 2.45) is 0 Å². The number of hydrogen-bond acceptors (Lipinski definition) is 5. The van der Waals surface area contributed by atoms with Crippen LogP contribution in [0, 0.1) is 0 Å². The topological polar surface area (TPSA) is 80.4 Å². The number of H-pyrrole nitrogens is 1. The average Bonchev–Trinajstić information content (AvgIpc) is 3.30. The summed E-state index contributed by atoms with van der Waals surface area (Å²) in [4.78, 5) is 30.6. The lowest BCUT2D eigenvalue weighted by atomic mass is 9.95. The number of rotatable bonds is 6. The maximum Gasteiger partial charge on any atom is 0.433 e. The molecule has 0 radical (unpaired) electrons. The molecule has 0 spiro atoms. The average molecular weight is 558 g/mol. The normalized spacial score (nSPS) is 16.9. The molecular weight excluding hydrogens is 519 g/mol. The molecule has 2 aliphatic heterocycles. The van der Waals surface area contributed by atoms with E-state index in [1.807, 2.05) is 42.7 Å². The lowest BCUT2D eigenvalue weighted by Crippen LogP contribution is -2.47. The minimum atomic E-state index is -4.51. The van der Waals surface area contributed by atoms with Crippen LogP contribution in [0.5, 0.6) is 0 Å². The van der Waals surface area contributed by atoms with Crippen molar-refractivity contribution in [1.82, 2.24) is 30.1 Å². The van der Waals surface area contributed by atoms with Crippen LogP contribution in [0.15, 0.2) is 30.3 Å². The van der Waals surface area contributed by atoms with Gasteiger partial charge in [0.15, 0.2) is 0 Å². The van der Waals surface area contributed by atoms with Crippen LogP contribution in [0.2, 0.25) is 0 Å². The molecule has 2 amide bonds. The lowest BCUT2D eigenvalue weighted by molar-refractivity contribution is -0.141. The highest BCUT2D eigenvalue weighted by Gasteiger charge is 2.36. The molecule has 0 aliphatic carbocycles. The molecule has 2 N–H and O–H groups in total. The van der Waals surface area contributed by atoms with Gasteiger partial charge in [-0.05, 0) is 37.4 Å². The van der Waals surface area contributed by atoms with Gasteiger partial charge in [-0.1, -0.05) is 39.0 Å². The highest BCUT2D eigenvalue weighted by molar-refractivity contribution is 5.85. The number of urea groups is 1. The van der Waals surface area contributed by atoms with Gasteiger partial charge in [-0.15, -0.1) is 0 Å². The van der Waals surface area contributed by atoms with E-state index in [1.165, 1.54) is 10.9 Å². The van der Waals surface area contributed by atoms with Crippen LogP contribution in [-0.4, -0.2) is 76.6 Å². The summed E-state index contributed by atoms with van der Waals surface area (Å²) in [5.74, 6) is 0.542. The predicted molar refractivity (Wildman–Crippen MR) is 149 cm³/mol. The van der Waals surface area contributed by atoms with E-state index in [2.05, 4.69) is 37.3 Å². The molecule has 3 aromatic rings. The number of piperazine rings is 1. The van der Waals surface area contributed by atoms with Crippen molar-refractivity contribution in [1.29, 1.82) is 0 Å². The van der Waals surface area contributed by atoms with Crippen molar-refractivity contribution in [2.45, 2.75) is 58.2 Å². The summed E-state index contributed by atoms with van der Waals surface area (Å²) < 4.78 is 40.4. The number of anilines is 1. The number of carbonyl (C=O) groups is 1. The zero-order valence-corrected chi connectivity index (χ0v) is 23.4. The van der Waals surface area contributed by atoms with Gasteiger partial charge in [0.25, 0.3) is 0 Å². The largest absolute Gasteiger partial charge is 0.433 e. The fraction of sp³-hybridized carbons (Fsp3) is 0.552. The van der Waals surface area contributed by atoms with Crippen LogP contribution in [0.3, 0.4) is 0 Å². The number of alkyl halides is 3. The molecule has 0 atom stereocenters. The Hall–Kier alpha value is -3.34. The smallest absolute Gasteiger partial charge is 0.357 e. The number of carbonyl (C=O) groups excluding carboxylic acids is 1. The number of benzene rings is 1. The Morgan fingerprint density at radius 3 is 2.50 bits per heavy atom. The van der Waals surface area contributed by atoms with Crippen LogP contribution in [0.1, 0.15) is 56.4 Å². The van der Waals surface area contributed by atoms with Gasteiger partial charge in [0.05, 0.1) is 6.54 Å². The van der Waals surface area contributed by atoms with E-state index in [0.29, 0.717) is 38.5 Å². The summed E-state index contributed by atoms with van der Waals surface area (Å²) in [6.45, 7) is 11.0. The first-order chi connectivity index (χ1) is 19.0. The Bertz CT molecular complexity index is 1310. The van der Waals surface area contributed by atoms with Gasteiger partial charge in [-0.25, -0.2) is 14.8 Å². The zero-order chi connectivity index (χ0) is 28.5. The number of aromatic nitrogens is 3. The summed E-state index contributed by atoms with van der Waals surface area (Å²) in [6, 6.07) is 9.29. The zero-order valence-electron chi connectivity index (χ0n) is 23.4. The van der Waals surface area contributed by atoms with Crippen molar-refractivity contribution < 1.29 is 18.0 Å². The first kappa shape index (κ1) is 28.2. The number of para-hydroxylation sites is 1. The van der Waals surface area contributed by atoms with Crippen LogP contribution < -0.4 is 10.2 Å². The van der Waals surface area contributed by atoms with E-state index in [9.17, 15) is 18.0 Å². The standard InChI is InChI=1S/C29H38F3N7O/c1-28(2,3)26-35-24(29(30,31)32)18-25(36-26)38-16-14-37(15-17-38)12-7-6-11-33-27(40)39-13-10-21-20-8-4-5-9-22(20)34-23(21)19-39/h4-5,8-9,18,34H,6-7,10-17,19H2,1-3H3,(H,33,40). The molecule has 0 bridgehead atoms. The number of aromatic amines is 1. The van der Waals surface area contributed by atoms with E-state index in [0.717, 1.165) is 56.2 Å². The molecule has 4 heterocycles. The van der Waals surface area contributed by atoms with E-state index < -0.39 is 17.3 Å². The molecule has 11 heteroatoms. The molecule has 2 aliphatic rings. The second-order valence-electron chi connectivity index (χ2n) is 11.7. The molecule has 1 aromatic carbocycles. The number of hydrogen-bond donors (Lipinski definition) is 2. The van der Waals surface area contributed by atoms with Gasteiger partial charge < -0.3 is 20.1 Å². The molecule has 5 rings (SSSR count). The molecule has 1 fully saturated rings. The first-order valence-corrected chi connectivity index (χ1v) is 14.0. The molecule has 2 aromatic heterocycles. The summed E-state index contributed by atoms with van der Waals surface area (Å²) in [7, 11) is 0. The Labute approximate surface area is 232 Å². The number of fused-ring (bicyclic) bond motifs is 3. The molecule has 8 nitrogen and oxygen atoms in total. The van der Waals surface area contributed by atoms with E-state index in [4.69, 9.17) is 0 Å². The molecule has 40 heavy (non-hydrogen) atoms. The summed E-state index contributed by atoms with van der Waals surface area (Å²) >= 11 is 0. The summed E-state index contributed by atoms with van der Waals surface area (Å²) in [5, 5.41) is 4.30. The maximum atomic E-state index is 13.5. The van der Waals surface area contributed by atoms with Gasteiger partial charge in [0.2, 0.25) is 0 Å². The Balaban J connectivity index is 1.04. The Morgan fingerprint density at radius 2 is 1.77 bits per heavy atom. The van der Waals surface area contributed by atoms with Gasteiger partial charge in [0, 0.05) is 67.3 Å². The fourth-order valence-corrected chi connectivity index (χ4v) is 5.41. The molecule has 216 valence electrons. The van der Waals surface area contributed by atoms with E-state index in [-0.39, 0.29) is 11.9 Å². The van der Waals surface area contributed by atoms with Crippen LogP contribution in [0.25, 0.3) is 10.9 Å². The van der Waals surface area contributed by atoms with Crippen LogP contribution >= 0.6 is 0 Å². The minimum absolute atomic E-state index is 0.0318. The van der Waals surface area contributed by atoms with E-state index >= 15 is 0 Å². The molecule has 0 unspecified atom stereocenters. The van der Waals surface area contributed by atoms with Crippen molar-refractivity contribution in [3.63, 3.8) is 0 Å². The van der Waals surface area contributed by atoms with Gasteiger partial charge in [0.1, 0.15) is 17.3 Å². The fourth-order valence-electron chi connectivity index (χ4n) is 5.41. The first-order valence-electron chi connectivity index (χ1n) is 14.0. The SMILES string of the molecule is CC(C)(C)c1nc(N2CCN(CCCCNC(=O)N3CCc4c([nH]c5ccccc45)C3)CC2)cc(C(F)(F)F)n1. The van der Waals surface area contributed by atoms with Gasteiger partial charge in [-0.2, -0.15) is 13.2 Å². The summed E-state index contributed by atoms with van der Waals surface area (Å²) in [6.07, 6.45) is -1.86. The monoisotopic (exact) mass is 557 g/mol. The van der Waals surface area contributed by atoms with Crippen molar-refractivity contribution in [3.05, 3.63) is 53.1 Å². The van der Waals surface area contributed by atoms with Crippen molar-refractivity contribution in [2.75, 3.05) is 50.7 Å². The van der Waals surface area contributed by atoms with Crippen LogP contribution in [0.4, 0.5) is 23.8 Å². The Kier molecular flexibility index (Phi) is 7.94. The summed E-state index contributed by atoms with van der Waals surface area (Å²) in [5.41, 5.74) is 2.08. The molecule has 1 saturated heterocycles. The number of halogens is 3. The molecular formula is C29H38F3N7O. The minimum Gasteiger partial charge on any atom is -0.357 e. The van der Waals surface area contributed by atoms with Crippen LogP contribution in [-0.2, 0) is 24.6 Å².